The summed E-state index contributed by atoms with van der Waals surface area (Å²) < 4.78 is 5.14. The molecule has 22 heavy (non-hydrogen) atoms. The minimum Gasteiger partial charge on any atom is -0.426 e. The molecule has 1 fully saturated rings. The third-order valence-electron chi connectivity index (χ3n) is 4.56. The molecular weight excluding hydrogens is 282 g/mol. The molecule has 1 aliphatic carbocycles. The maximum atomic E-state index is 12.8. The van der Waals surface area contributed by atoms with Gasteiger partial charge in [0.25, 0.3) is 5.91 Å². The van der Waals surface area contributed by atoms with Crippen molar-refractivity contribution < 1.29 is 14.0 Å². The summed E-state index contributed by atoms with van der Waals surface area (Å²) in [5.41, 5.74) is 0.698. The van der Waals surface area contributed by atoms with Crippen molar-refractivity contribution in [3.05, 3.63) is 33.4 Å². The predicted octanol–water partition coefficient (Wildman–Crippen LogP) is 2.31. The van der Waals surface area contributed by atoms with Gasteiger partial charge in [-0.25, -0.2) is 4.79 Å². The van der Waals surface area contributed by atoms with E-state index in [0.717, 1.165) is 31.2 Å². The fourth-order valence-electron chi connectivity index (χ4n) is 3.09. The van der Waals surface area contributed by atoms with Crippen molar-refractivity contribution in [3.8, 4) is 0 Å². The zero-order chi connectivity index (χ0) is 15.9. The molecule has 0 atom stereocenters. The third kappa shape index (κ3) is 2.60. The average molecular weight is 303 g/mol. The van der Waals surface area contributed by atoms with Crippen LogP contribution in [0.2, 0.25) is 0 Å². The molecular formula is C17H21NO4. The minimum absolute atomic E-state index is 0.0162. The van der Waals surface area contributed by atoms with E-state index in [1.165, 1.54) is 11.0 Å². The van der Waals surface area contributed by atoms with E-state index in [-0.39, 0.29) is 30.0 Å². The van der Waals surface area contributed by atoms with Crippen LogP contribution in [-0.2, 0) is 17.6 Å². The number of fused-ring (bicyclic) bond motifs is 1. The minimum atomic E-state index is -0.477. The second kappa shape index (κ2) is 5.71. The molecule has 3 rings (SSSR count). The highest BCUT2D eigenvalue weighted by Gasteiger charge is 2.40. The Hall–Kier alpha value is -1.91. The molecule has 1 aromatic heterocycles. The second-order valence-electron chi connectivity index (χ2n) is 6.65. The summed E-state index contributed by atoms with van der Waals surface area (Å²) in [4.78, 5) is 38.1. The molecule has 0 spiro atoms. The molecule has 5 nitrogen and oxygen atoms in total. The van der Waals surface area contributed by atoms with Gasteiger partial charge in [-0.1, -0.05) is 13.8 Å². The summed E-state index contributed by atoms with van der Waals surface area (Å²) >= 11 is 0. The zero-order valence-electron chi connectivity index (χ0n) is 13.1. The number of imide groups is 1. The fourth-order valence-corrected chi connectivity index (χ4v) is 3.09. The van der Waals surface area contributed by atoms with Crippen LogP contribution in [0.1, 0.15) is 61.2 Å². The quantitative estimate of drug-likeness (QED) is 0.800. The van der Waals surface area contributed by atoms with Crippen LogP contribution in [0.25, 0.3) is 0 Å². The van der Waals surface area contributed by atoms with Crippen LogP contribution >= 0.6 is 0 Å². The van der Waals surface area contributed by atoms with Crippen molar-refractivity contribution in [3.63, 3.8) is 0 Å². The summed E-state index contributed by atoms with van der Waals surface area (Å²) in [5, 5.41) is 0. The number of nitrogens with zero attached hydrogens (tertiary/aromatic N) is 1. The Morgan fingerprint density at radius 3 is 2.59 bits per heavy atom. The van der Waals surface area contributed by atoms with Gasteiger partial charge >= 0.3 is 5.63 Å². The monoisotopic (exact) mass is 303 g/mol. The largest absolute Gasteiger partial charge is 0.426 e. The maximum absolute atomic E-state index is 12.8. The van der Waals surface area contributed by atoms with Gasteiger partial charge in [0.1, 0.15) is 5.76 Å². The van der Waals surface area contributed by atoms with Crippen molar-refractivity contribution in [2.24, 2.45) is 5.92 Å². The van der Waals surface area contributed by atoms with Crippen molar-refractivity contribution in [1.29, 1.82) is 0 Å². The van der Waals surface area contributed by atoms with Crippen molar-refractivity contribution >= 4 is 11.8 Å². The molecule has 2 aliphatic rings. The van der Waals surface area contributed by atoms with Gasteiger partial charge in [-0.05, 0) is 43.6 Å². The van der Waals surface area contributed by atoms with Crippen molar-refractivity contribution in [2.75, 3.05) is 0 Å². The van der Waals surface area contributed by atoms with Crippen LogP contribution in [0.3, 0.4) is 0 Å². The molecule has 0 radical (unpaired) electrons. The highest BCUT2D eigenvalue weighted by atomic mass is 16.4. The number of hydrogen-bond donors (Lipinski definition) is 0. The van der Waals surface area contributed by atoms with E-state index in [1.54, 1.807) is 0 Å². The molecule has 118 valence electrons. The molecule has 2 amide bonds. The molecule has 0 unspecified atom stereocenters. The van der Waals surface area contributed by atoms with Crippen LogP contribution < -0.4 is 5.63 Å². The Balaban J connectivity index is 2.00. The van der Waals surface area contributed by atoms with Gasteiger partial charge in [0.2, 0.25) is 5.91 Å². The third-order valence-corrected chi connectivity index (χ3v) is 4.56. The smallest absolute Gasteiger partial charge is 0.336 e. The van der Waals surface area contributed by atoms with E-state index in [0.29, 0.717) is 17.9 Å². The van der Waals surface area contributed by atoms with Crippen LogP contribution in [0, 0.1) is 5.92 Å². The van der Waals surface area contributed by atoms with E-state index >= 15 is 0 Å². The van der Waals surface area contributed by atoms with Gasteiger partial charge in [0, 0.05) is 12.1 Å². The van der Waals surface area contributed by atoms with E-state index in [9.17, 15) is 14.4 Å². The Bertz CT molecular complexity index is 670. The summed E-state index contributed by atoms with van der Waals surface area (Å²) in [7, 11) is 0. The first-order chi connectivity index (χ1) is 10.5. The number of carbonyl (C=O) groups excluding carboxylic acids is 2. The topological polar surface area (TPSA) is 67.6 Å². The first kappa shape index (κ1) is 15.0. The van der Waals surface area contributed by atoms with Gasteiger partial charge in [-0.2, -0.15) is 0 Å². The lowest BCUT2D eigenvalue weighted by atomic mass is 9.87. The van der Waals surface area contributed by atoms with Crippen LogP contribution in [0.4, 0.5) is 0 Å². The Morgan fingerprint density at radius 1 is 1.27 bits per heavy atom. The molecule has 1 aliphatic heterocycles. The fraction of sp³-hybridized carbons (Fsp3) is 0.588. The lowest BCUT2D eigenvalue weighted by Gasteiger charge is -2.38. The van der Waals surface area contributed by atoms with Gasteiger partial charge in [0.15, 0.2) is 0 Å². The number of aryl methyl sites for hydroxylation is 1. The average Bonchev–Trinajstić information content (AvgIpc) is 2.37. The van der Waals surface area contributed by atoms with Crippen LogP contribution in [0.15, 0.2) is 15.3 Å². The van der Waals surface area contributed by atoms with Gasteiger partial charge in [-0.15, -0.1) is 0 Å². The van der Waals surface area contributed by atoms with Crippen molar-refractivity contribution in [2.45, 2.75) is 58.4 Å². The van der Waals surface area contributed by atoms with E-state index < -0.39 is 5.63 Å². The molecule has 1 saturated carbocycles. The van der Waals surface area contributed by atoms with Crippen molar-refractivity contribution in [1.82, 2.24) is 4.90 Å². The lowest BCUT2D eigenvalue weighted by molar-refractivity contribution is -0.132. The molecule has 0 saturated heterocycles. The molecule has 2 heterocycles. The Labute approximate surface area is 129 Å². The first-order valence-electron chi connectivity index (χ1n) is 7.99. The Morgan fingerprint density at radius 2 is 2.00 bits per heavy atom. The SMILES string of the molecule is CC(C)CCc1cc(=O)oc2c1C(=O)N(C1CCC1)C(=O)C2. The molecule has 1 aromatic rings. The van der Waals surface area contributed by atoms with Gasteiger partial charge in [0.05, 0.1) is 12.0 Å². The van der Waals surface area contributed by atoms with E-state index in [4.69, 9.17) is 4.42 Å². The summed E-state index contributed by atoms with van der Waals surface area (Å²) in [6.45, 7) is 4.20. The normalized spacial score (nSPS) is 18.6. The van der Waals surface area contributed by atoms with Gasteiger partial charge in [-0.3, -0.25) is 14.5 Å². The van der Waals surface area contributed by atoms with E-state index in [2.05, 4.69) is 13.8 Å². The summed E-state index contributed by atoms with van der Waals surface area (Å²) in [6.07, 6.45) is 4.38. The molecule has 0 bridgehead atoms. The number of hydrogen-bond acceptors (Lipinski definition) is 4. The maximum Gasteiger partial charge on any atom is 0.336 e. The molecule has 0 aromatic carbocycles. The van der Waals surface area contributed by atoms with Crippen LogP contribution in [-0.4, -0.2) is 22.8 Å². The van der Waals surface area contributed by atoms with Gasteiger partial charge < -0.3 is 4.42 Å². The summed E-state index contributed by atoms with van der Waals surface area (Å²) in [6, 6.07) is 1.44. The Kier molecular flexibility index (Phi) is 3.89. The number of carbonyl (C=O) groups is 2. The van der Waals surface area contributed by atoms with E-state index in [1.807, 2.05) is 0 Å². The lowest BCUT2D eigenvalue weighted by Crippen LogP contribution is -2.51. The number of rotatable bonds is 4. The summed E-state index contributed by atoms with van der Waals surface area (Å²) in [5.74, 6) is 0.201. The highest BCUT2D eigenvalue weighted by molar-refractivity contribution is 6.10. The molecule has 0 N–H and O–H groups in total. The standard InChI is InChI=1S/C17H21NO4/c1-10(2)6-7-11-8-15(20)22-13-9-14(19)18(12-4-3-5-12)17(21)16(11)13/h8,10,12H,3-7,9H2,1-2H3. The molecule has 5 heteroatoms. The highest BCUT2D eigenvalue weighted by Crippen LogP contribution is 2.31. The number of amides is 2. The zero-order valence-corrected chi connectivity index (χ0v) is 13.1. The first-order valence-corrected chi connectivity index (χ1v) is 7.99. The van der Waals surface area contributed by atoms with Crippen LogP contribution in [0.5, 0.6) is 0 Å². The predicted molar refractivity (Wildman–Crippen MR) is 80.7 cm³/mol. The second-order valence-corrected chi connectivity index (χ2v) is 6.65.